The molecule has 0 fully saturated rings. The van der Waals surface area contributed by atoms with Crippen molar-refractivity contribution in [3.05, 3.63) is 36.4 Å². The first-order chi connectivity index (χ1) is 9.19. The molecule has 0 saturated heterocycles. The van der Waals surface area contributed by atoms with Crippen LogP contribution in [0.15, 0.2) is 30.9 Å². The van der Waals surface area contributed by atoms with Gasteiger partial charge in [0.05, 0.1) is 13.2 Å². The molecule has 19 heavy (non-hydrogen) atoms. The van der Waals surface area contributed by atoms with Crippen LogP contribution in [-0.4, -0.2) is 24.3 Å². The van der Waals surface area contributed by atoms with Crippen molar-refractivity contribution in [3.8, 4) is 11.5 Å². The van der Waals surface area contributed by atoms with Crippen LogP contribution in [0, 0.1) is 0 Å². The number of ether oxygens (including phenoxy) is 2. The van der Waals surface area contributed by atoms with Crippen LogP contribution in [0.5, 0.6) is 11.5 Å². The third-order valence-electron chi connectivity index (χ3n) is 2.53. The van der Waals surface area contributed by atoms with Crippen LogP contribution in [0.1, 0.15) is 36.5 Å². The smallest absolute Gasteiger partial charge is 0.339 e. The van der Waals surface area contributed by atoms with Crippen molar-refractivity contribution >= 4 is 5.97 Å². The van der Waals surface area contributed by atoms with E-state index in [-0.39, 0.29) is 5.56 Å². The lowest BCUT2D eigenvalue weighted by molar-refractivity contribution is 0.0691. The van der Waals surface area contributed by atoms with E-state index in [1.165, 1.54) is 6.07 Å². The molecule has 0 saturated carbocycles. The first-order valence-electron chi connectivity index (χ1n) is 6.42. The predicted molar refractivity (Wildman–Crippen MR) is 74.1 cm³/mol. The summed E-state index contributed by atoms with van der Waals surface area (Å²) in [5, 5.41) is 9.16. The molecule has 0 unspecified atom stereocenters. The Labute approximate surface area is 113 Å². The van der Waals surface area contributed by atoms with Gasteiger partial charge < -0.3 is 14.6 Å². The van der Waals surface area contributed by atoms with Gasteiger partial charge in [0.25, 0.3) is 0 Å². The molecule has 104 valence electrons. The minimum Gasteiger partial charge on any atom is -0.494 e. The van der Waals surface area contributed by atoms with Crippen molar-refractivity contribution in [2.75, 3.05) is 13.2 Å². The molecule has 1 rings (SSSR count). The van der Waals surface area contributed by atoms with E-state index in [2.05, 4.69) is 13.5 Å². The van der Waals surface area contributed by atoms with E-state index >= 15 is 0 Å². The molecule has 0 amide bonds. The van der Waals surface area contributed by atoms with Crippen molar-refractivity contribution < 1.29 is 19.4 Å². The molecule has 0 bridgehead atoms. The summed E-state index contributed by atoms with van der Waals surface area (Å²) in [7, 11) is 0. The van der Waals surface area contributed by atoms with Crippen molar-refractivity contribution in [2.45, 2.75) is 26.2 Å². The van der Waals surface area contributed by atoms with Crippen LogP contribution in [0.4, 0.5) is 0 Å². The second-order valence-electron chi connectivity index (χ2n) is 4.09. The van der Waals surface area contributed by atoms with Gasteiger partial charge in [-0.3, -0.25) is 0 Å². The highest BCUT2D eigenvalue weighted by molar-refractivity contribution is 5.91. The van der Waals surface area contributed by atoms with E-state index in [0.717, 1.165) is 12.8 Å². The lowest BCUT2D eigenvalue weighted by Crippen LogP contribution is -2.05. The Morgan fingerprint density at radius 2 is 2.16 bits per heavy atom. The van der Waals surface area contributed by atoms with Gasteiger partial charge in [0, 0.05) is 0 Å². The van der Waals surface area contributed by atoms with E-state index in [1.54, 1.807) is 18.2 Å². The first kappa shape index (κ1) is 15.1. The second-order valence-corrected chi connectivity index (χ2v) is 4.09. The molecular formula is C15H20O4. The molecule has 4 heteroatoms. The molecule has 0 aliphatic heterocycles. The van der Waals surface area contributed by atoms with Gasteiger partial charge in [-0.25, -0.2) is 4.79 Å². The van der Waals surface area contributed by atoms with Crippen molar-refractivity contribution in [1.82, 2.24) is 0 Å². The fraction of sp³-hybridized carbons (Fsp3) is 0.400. The maximum Gasteiger partial charge on any atom is 0.339 e. The summed E-state index contributed by atoms with van der Waals surface area (Å²) in [6, 6.07) is 4.86. The fourth-order valence-corrected chi connectivity index (χ4v) is 1.48. The molecule has 0 heterocycles. The van der Waals surface area contributed by atoms with E-state index in [4.69, 9.17) is 14.6 Å². The highest BCUT2D eigenvalue weighted by Gasteiger charge is 2.12. The number of carboxylic acids is 1. The van der Waals surface area contributed by atoms with Gasteiger partial charge in [0.1, 0.15) is 17.1 Å². The molecule has 0 spiro atoms. The highest BCUT2D eigenvalue weighted by atomic mass is 16.5. The summed E-state index contributed by atoms with van der Waals surface area (Å²) in [5.41, 5.74) is 0.123. The maximum atomic E-state index is 11.2. The Bertz CT molecular complexity index is 426. The summed E-state index contributed by atoms with van der Waals surface area (Å²) in [5.74, 6) is -0.103. The van der Waals surface area contributed by atoms with Crippen LogP contribution in [0.2, 0.25) is 0 Å². The summed E-state index contributed by atoms with van der Waals surface area (Å²) >= 11 is 0. The van der Waals surface area contributed by atoms with Gasteiger partial charge in [-0.15, -0.1) is 6.58 Å². The van der Waals surface area contributed by atoms with Crippen molar-refractivity contribution in [2.24, 2.45) is 0 Å². The van der Waals surface area contributed by atoms with Gasteiger partial charge in [-0.1, -0.05) is 19.4 Å². The number of hydrogen-bond acceptors (Lipinski definition) is 3. The van der Waals surface area contributed by atoms with Crippen LogP contribution in [-0.2, 0) is 0 Å². The SMILES string of the molecule is C=CCCOc1ccc(OCCCC)cc1C(=O)O. The minimum absolute atomic E-state index is 0.123. The molecule has 0 aliphatic rings. The normalized spacial score (nSPS) is 9.95. The second kappa shape index (κ2) is 8.19. The lowest BCUT2D eigenvalue weighted by atomic mass is 10.2. The largest absolute Gasteiger partial charge is 0.494 e. The molecule has 1 aromatic carbocycles. The third kappa shape index (κ3) is 5.04. The van der Waals surface area contributed by atoms with E-state index in [0.29, 0.717) is 31.1 Å². The number of benzene rings is 1. The molecule has 0 aromatic heterocycles. The molecule has 1 N–H and O–H groups in total. The molecule has 0 radical (unpaired) electrons. The lowest BCUT2D eigenvalue weighted by Gasteiger charge is -2.11. The maximum absolute atomic E-state index is 11.2. The van der Waals surface area contributed by atoms with E-state index in [9.17, 15) is 4.79 Å². The molecule has 4 nitrogen and oxygen atoms in total. The van der Waals surface area contributed by atoms with Crippen LogP contribution < -0.4 is 9.47 Å². The Hall–Kier alpha value is -1.97. The summed E-state index contributed by atoms with van der Waals surface area (Å²) in [6.07, 6.45) is 4.38. The zero-order chi connectivity index (χ0) is 14.1. The van der Waals surface area contributed by atoms with Gasteiger partial charge in [-0.2, -0.15) is 0 Å². The van der Waals surface area contributed by atoms with Crippen LogP contribution in [0.25, 0.3) is 0 Å². The third-order valence-corrected chi connectivity index (χ3v) is 2.53. The monoisotopic (exact) mass is 264 g/mol. The van der Waals surface area contributed by atoms with Crippen LogP contribution in [0.3, 0.4) is 0 Å². The number of carboxylic acid groups (broad SMARTS) is 1. The molecular weight excluding hydrogens is 244 g/mol. The van der Waals surface area contributed by atoms with Gasteiger partial charge >= 0.3 is 5.97 Å². The zero-order valence-corrected chi connectivity index (χ0v) is 11.2. The molecule has 1 aromatic rings. The van der Waals surface area contributed by atoms with Crippen LogP contribution >= 0.6 is 0 Å². The van der Waals surface area contributed by atoms with E-state index in [1.807, 2.05) is 0 Å². The Morgan fingerprint density at radius 3 is 2.79 bits per heavy atom. The summed E-state index contributed by atoms with van der Waals surface area (Å²) in [6.45, 7) is 6.67. The number of carbonyl (C=O) groups is 1. The fourth-order valence-electron chi connectivity index (χ4n) is 1.48. The van der Waals surface area contributed by atoms with Gasteiger partial charge in [0.15, 0.2) is 0 Å². The topological polar surface area (TPSA) is 55.8 Å². The molecule has 0 atom stereocenters. The number of aromatic carboxylic acids is 1. The molecule has 0 aliphatic carbocycles. The van der Waals surface area contributed by atoms with Crippen molar-refractivity contribution in [1.29, 1.82) is 0 Å². The summed E-state index contributed by atoms with van der Waals surface area (Å²) in [4.78, 5) is 11.2. The average molecular weight is 264 g/mol. The first-order valence-corrected chi connectivity index (χ1v) is 6.42. The zero-order valence-electron chi connectivity index (χ0n) is 11.2. The number of hydrogen-bond donors (Lipinski definition) is 1. The Kier molecular flexibility index (Phi) is 6.50. The Balaban J connectivity index is 2.76. The average Bonchev–Trinajstić information content (AvgIpc) is 2.40. The highest BCUT2D eigenvalue weighted by Crippen LogP contribution is 2.24. The number of unbranched alkanes of at least 4 members (excludes halogenated alkanes) is 1. The quantitative estimate of drug-likeness (QED) is 0.547. The minimum atomic E-state index is -1.02. The predicted octanol–water partition coefficient (Wildman–Crippen LogP) is 3.52. The van der Waals surface area contributed by atoms with Gasteiger partial charge in [-0.05, 0) is 31.0 Å². The van der Waals surface area contributed by atoms with Crippen molar-refractivity contribution in [3.63, 3.8) is 0 Å². The van der Waals surface area contributed by atoms with Gasteiger partial charge in [0.2, 0.25) is 0 Å². The number of rotatable bonds is 9. The summed E-state index contributed by atoms with van der Waals surface area (Å²) < 4.78 is 10.9. The standard InChI is InChI=1S/C15H20O4/c1-3-5-9-18-12-7-8-14(19-10-6-4-2)13(11-12)15(16)17/h4,7-8,11H,2-3,5-6,9-10H2,1H3,(H,16,17). The van der Waals surface area contributed by atoms with E-state index < -0.39 is 5.97 Å². The Morgan fingerprint density at radius 1 is 1.37 bits per heavy atom.